The van der Waals surface area contributed by atoms with Gasteiger partial charge in [-0.3, -0.25) is 0 Å². The van der Waals surface area contributed by atoms with Gasteiger partial charge in [0.25, 0.3) is 0 Å². The fourth-order valence-electron chi connectivity index (χ4n) is 1.78. The fraction of sp³-hybridized carbons (Fsp3) is 0.538. The molecule has 1 unspecified atom stereocenters. The summed E-state index contributed by atoms with van der Waals surface area (Å²) in [4.78, 5) is 0. The third-order valence-corrected chi connectivity index (χ3v) is 2.72. The van der Waals surface area contributed by atoms with Crippen molar-refractivity contribution in [3.8, 4) is 0 Å². The maximum absolute atomic E-state index is 9.93. The summed E-state index contributed by atoms with van der Waals surface area (Å²) < 4.78 is 10.7. The lowest BCUT2D eigenvalue weighted by atomic mass is 10.0. The molecule has 0 amide bonds. The van der Waals surface area contributed by atoms with E-state index in [-0.39, 0.29) is 6.10 Å². The Morgan fingerprint density at radius 3 is 2.81 bits per heavy atom. The van der Waals surface area contributed by atoms with Crippen molar-refractivity contribution in [1.82, 2.24) is 0 Å². The number of hydrogen-bond acceptors (Lipinski definition) is 3. The molecule has 0 aliphatic carbocycles. The maximum atomic E-state index is 9.93. The highest BCUT2D eigenvalue weighted by molar-refractivity contribution is 5.34. The van der Waals surface area contributed by atoms with E-state index in [1.807, 2.05) is 32.0 Å². The predicted octanol–water partition coefficient (Wildman–Crippen LogP) is 2.18. The van der Waals surface area contributed by atoms with Crippen molar-refractivity contribution in [2.45, 2.75) is 39.3 Å². The van der Waals surface area contributed by atoms with E-state index in [4.69, 9.17) is 9.47 Å². The predicted molar refractivity (Wildman–Crippen MR) is 61.0 cm³/mol. The summed E-state index contributed by atoms with van der Waals surface area (Å²) in [6.07, 6.45) is -0.402. The maximum Gasteiger partial charge on any atom is 0.102 e. The molecule has 3 nitrogen and oxygen atoms in total. The molecule has 0 aromatic heterocycles. The van der Waals surface area contributed by atoms with Crippen LogP contribution in [0.2, 0.25) is 0 Å². The average molecular weight is 222 g/mol. The van der Waals surface area contributed by atoms with Gasteiger partial charge in [0.05, 0.1) is 25.9 Å². The Kier molecular flexibility index (Phi) is 3.59. The quantitative estimate of drug-likeness (QED) is 0.848. The largest absolute Gasteiger partial charge is 0.386 e. The zero-order chi connectivity index (χ0) is 11.5. The van der Waals surface area contributed by atoms with Gasteiger partial charge in [-0.05, 0) is 30.5 Å². The van der Waals surface area contributed by atoms with Crippen LogP contribution in [0.5, 0.6) is 0 Å². The van der Waals surface area contributed by atoms with Crippen molar-refractivity contribution in [3.63, 3.8) is 0 Å². The van der Waals surface area contributed by atoms with Crippen LogP contribution in [-0.4, -0.2) is 17.8 Å². The van der Waals surface area contributed by atoms with Crippen molar-refractivity contribution in [2.24, 2.45) is 0 Å². The van der Waals surface area contributed by atoms with Crippen LogP contribution >= 0.6 is 0 Å². The van der Waals surface area contributed by atoms with E-state index in [2.05, 4.69) is 0 Å². The van der Waals surface area contributed by atoms with Gasteiger partial charge in [0.15, 0.2) is 0 Å². The smallest absolute Gasteiger partial charge is 0.102 e. The number of fused-ring (bicyclic) bond motifs is 1. The molecule has 1 heterocycles. The van der Waals surface area contributed by atoms with Gasteiger partial charge >= 0.3 is 0 Å². The zero-order valence-electron chi connectivity index (χ0n) is 9.77. The summed E-state index contributed by atoms with van der Waals surface area (Å²) in [6.45, 7) is 5.61. The molecule has 1 aliphatic rings. The Bertz CT molecular complexity index is 360. The monoisotopic (exact) mass is 222 g/mol. The first-order valence-corrected chi connectivity index (χ1v) is 5.66. The topological polar surface area (TPSA) is 38.7 Å². The van der Waals surface area contributed by atoms with E-state index in [1.54, 1.807) is 0 Å². The van der Waals surface area contributed by atoms with Crippen LogP contribution in [0.15, 0.2) is 18.2 Å². The molecule has 1 aromatic carbocycles. The Morgan fingerprint density at radius 2 is 2.06 bits per heavy atom. The Labute approximate surface area is 96.0 Å². The van der Waals surface area contributed by atoms with Crippen molar-refractivity contribution in [1.29, 1.82) is 0 Å². The number of aliphatic hydroxyl groups is 1. The van der Waals surface area contributed by atoms with Gasteiger partial charge in [0, 0.05) is 0 Å². The van der Waals surface area contributed by atoms with Gasteiger partial charge in [-0.2, -0.15) is 0 Å². The van der Waals surface area contributed by atoms with Crippen molar-refractivity contribution >= 4 is 0 Å². The third-order valence-electron chi connectivity index (χ3n) is 2.72. The normalized spacial score (nSPS) is 16.5. The summed E-state index contributed by atoms with van der Waals surface area (Å²) in [7, 11) is 0. The van der Waals surface area contributed by atoms with Crippen LogP contribution in [0.1, 0.15) is 36.6 Å². The summed E-state index contributed by atoms with van der Waals surface area (Å²) in [6, 6.07) is 5.98. The van der Waals surface area contributed by atoms with Gasteiger partial charge < -0.3 is 14.6 Å². The molecule has 0 bridgehead atoms. The molecule has 1 aromatic rings. The van der Waals surface area contributed by atoms with Gasteiger partial charge in [-0.25, -0.2) is 0 Å². The van der Waals surface area contributed by atoms with Crippen LogP contribution in [0.4, 0.5) is 0 Å². The number of ether oxygens (including phenoxy) is 2. The molecule has 2 rings (SSSR count). The first-order chi connectivity index (χ1) is 7.66. The highest BCUT2D eigenvalue weighted by Crippen LogP contribution is 2.24. The second-order valence-electron chi connectivity index (χ2n) is 4.42. The molecule has 0 saturated heterocycles. The van der Waals surface area contributed by atoms with Crippen molar-refractivity contribution < 1.29 is 14.6 Å². The molecule has 0 fully saturated rings. The zero-order valence-corrected chi connectivity index (χ0v) is 9.77. The van der Waals surface area contributed by atoms with Gasteiger partial charge in [0.1, 0.15) is 6.10 Å². The molecule has 1 aliphatic heterocycles. The van der Waals surface area contributed by atoms with E-state index in [9.17, 15) is 5.11 Å². The molecule has 1 atom stereocenters. The van der Waals surface area contributed by atoms with Crippen LogP contribution in [-0.2, 0) is 22.7 Å². The molecule has 3 heteroatoms. The van der Waals surface area contributed by atoms with Gasteiger partial charge in [-0.15, -0.1) is 0 Å². The molecular weight excluding hydrogens is 204 g/mol. The lowest BCUT2D eigenvalue weighted by Crippen LogP contribution is -2.12. The standard InChI is InChI=1S/C13H18O3/c1-9(2)16-8-13(14)10-3-4-11-6-15-7-12(11)5-10/h3-5,9,13-14H,6-8H2,1-2H3. The van der Waals surface area contributed by atoms with Crippen molar-refractivity contribution in [3.05, 3.63) is 34.9 Å². The SMILES string of the molecule is CC(C)OCC(O)c1ccc2c(c1)COC2. The second-order valence-corrected chi connectivity index (χ2v) is 4.42. The lowest BCUT2D eigenvalue weighted by Gasteiger charge is -2.14. The third kappa shape index (κ3) is 2.61. The van der Waals surface area contributed by atoms with Crippen LogP contribution in [0.3, 0.4) is 0 Å². The van der Waals surface area contributed by atoms with E-state index in [0.717, 1.165) is 5.56 Å². The molecular formula is C13H18O3. The first kappa shape index (κ1) is 11.6. The van der Waals surface area contributed by atoms with E-state index < -0.39 is 6.10 Å². The van der Waals surface area contributed by atoms with Crippen LogP contribution < -0.4 is 0 Å². The first-order valence-electron chi connectivity index (χ1n) is 5.66. The van der Waals surface area contributed by atoms with E-state index in [1.165, 1.54) is 11.1 Å². The van der Waals surface area contributed by atoms with Crippen LogP contribution in [0, 0.1) is 0 Å². The minimum absolute atomic E-state index is 0.146. The fourth-order valence-corrected chi connectivity index (χ4v) is 1.78. The number of hydrogen-bond donors (Lipinski definition) is 1. The summed E-state index contributed by atoms with van der Waals surface area (Å²) >= 11 is 0. The highest BCUT2D eigenvalue weighted by atomic mass is 16.5. The average Bonchev–Trinajstić information content (AvgIpc) is 2.72. The molecule has 0 spiro atoms. The Morgan fingerprint density at radius 1 is 1.31 bits per heavy atom. The number of rotatable bonds is 4. The van der Waals surface area contributed by atoms with E-state index >= 15 is 0 Å². The lowest BCUT2D eigenvalue weighted by molar-refractivity contribution is 0.00489. The summed E-state index contributed by atoms with van der Waals surface area (Å²) in [5.74, 6) is 0. The van der Waals surface area contributed by atoms with Crippen LogP contribution in [0.25, 0.3) is 0 Å². The summed E-state index contributed by atoms with van der Waals surface area (Å²) in [5, 5.41) is 9.93. The molecule has 1 N–H and O–H groups in total. The molecule has 88 valence electrons. The van der Waals surface area contributed by atoms with E-state index in [0.29, 0.717) is 19.8 Å². The molecule has 0 saturated carbocycles. The van der Waals surface area contributed by atoms with Gasteiger partial charge in [-0.1, -0.05) is 18.2 Å². The molecule has 16 heavy (non-hydrogen) atoms. The summed E-state index contributed by atoms with van der Waals surface area (Å²) in [5.41, 5.74) is 3.31. The molecule has 0 radical (unpaired) electrons. The van der Waals surface area contributed by atoms with Crippen molar-refractivity contribution in [2.75, 3.05) is 6.61 Å². The highest BCUT2D eigenvalue weighted by Gasteiger charge is 2.15. The minimum Gasteiger partial charge on any atom is -0.386 e. The minimum atomic E-state index is -0.548. The van der Waals surface area contributed by atoms with Gasteiger partial charge in [0.2, 0.25) is 0 Å². The number of aliphatic hydroxyl groups excluding tert-OH is 1. The Balaban J connectivity index is 2.03. The Hall–Kier alpha value is -0.900. The number of benzene rings is 1. The second kappa shape index (κ2) is 4.95.